The summed E-state index contributed by atoms with van der Waals surface area (Å²) in [5, 5.41) is 0. The summed E-state index contributed by atoms with van der Waals surface area (Å²) in [6, 6.07) is 8.37. The Kier molecular flexibility index (Phi) is 12.5. The van der Waals surface area contributed by atoms with Gasteiger partial charge in [0.25, 0.3) is 11.5 Å². The highest BCUT2D eigenvalue weighted by Gasteiger charge is 2.33. The van der Waals surface area contributed by atoms with Crippen molar-refractivity contribution in [3.63, 3.8) is 0 Å². The number of thiocarbonyl (C=S) groups is 1. The Balaban J connectivity index is 1.47. The first-order chi connectivity index (χ1) is 20.3. The third-order valence-electron chi connectivity index (χ3n) is 7.87. The van der Waals surface area contributed by atoms with Gasteiger partial charge >= 0.3 is 0 Å². The Morgan fingerprint density at radius 1 is 0.833 bits per heavy atom. The second-order valence-corrected chi connectivity index (χ2v) is 16.0. The third kappa shape index (κ3) is 8.23. The van der Waals surface area contributed by atoms with Gasteiger partial charge in [-0.05, 0) is 61.1 Å². The molecule has 4 rings (SSSR count). The average Bonchev–Trinajstić information content (AvgIpc) is 3.75. The number of carbonyl (C=O) groups is 1. The lowest BCUT2D eigenvalue weighted by Crippen LogP contribution is -2.33. The minimum atomic E-state index is 0.0323. The number of amides is 1. The molecule has 1 saturated heterocycles. The van der Waals surface area contributed by atoms with Crippen LogP contribution in [0.5, 0.6) is 0 Å². The van der Waals surface area contributed by atoms with Crippen LogP contribution in [0, 0.1) is 11.8 Å². The molecule has 2 atom stereocenters. The fourth-order valence-electron chi connectivity index (χ4n) is 5.14. The zero-order chi connectivity index (χ0) is 30.2. The van der Waals surface area contributed by atoms with E-state index in [0.717, 1.165) is 60.9 Å². The summed E-state index contributed by atoms with van der Waals surface area (Å²) in [5.74, 6) is 1.03. The highest BCUT2D eigenvalue weighted by molar-refractivity contribution is 8.26. The quantitative estimate of drug-likeness (QED) is 0.121. The molecule has 2 unspecified atom stereocenters. The predicted molar refractivity (Wildman–Crippen MR) is 191 cm³/mol. The van der Waals surface area contributed by atoms with Gasteiger partial charge in [0, 0.05) is 32.6 Å². The number of thiophene rings is 2. The first-order valence-corrected chi connectivity index (χ1v) is 18.8. The summed E-state index contributed by atoms with van der Waals surface area (Å²) in [5.41, 5.74) is 0.0706. The minimum Gasteiger partial charge on any atom is -0.299 e. The van der Waals surface area contributed by atoms with Gasteiger partial charge in [-0.2, -0.15) is 0 Å². The molecule has 4 nitrogen and oxygen atoms in total. The smallest absolute Gasteiger partial charge is 0.269 e. The maximum absolute atomic E-state index is 13.2. The van der Waals surface area contributed by atoms with Crippen LogP contribution in [0.15, 0.2) is 34.0 Å². The first kappa shape index (κ1) is 33.1. The van der Waals surface area contributed by atoms with Crippen molar-refractivity contribution in [1.82, 2.24) is 9.47 Å². The molecule has 42 heavy (non-hydrogen) atoms. The van der Waals surface area contributed by atoms with E-state index in [0.29, 0.717) is 27.6 Å². The van der Waals surface area contributed by atoms with Crippen molar-refractivity contribution in [2.45, 2.75) is 85.6 Å². The molecule has 3 aromatic rings. The SMILES string of the molecule is C=c1s/c(=C\c2ccc(-c3ccc(/C=C4\SC(=S)N(CC(CC)CCCC)C4=O)s3)s2)c(=O)n1CC(CC)CCCC. The van der Waals surface area contributed by atoms with Crippen molar-refractivity contribution in [3.05, 3.63) is 58.5 Å². The standard InChI is InChI=1S/C33H42N2O2S5/c1-6-10-12-23(8-3)20-34-22(5)39-29(31(34)36)18-25-14-16-27(40-25)28-17-15-26(41-28)19-30-32(37)35(33(38)42-30)21-24(9-4)13-11-7-2/h14-19,23-24H,5-13,20-21H2,1-4H3/b29-18-,30-19-. The van der Waals surface area contributed by atoms with Crippen LogP contribution in [0.4, 0.5) is 0 Å². The van der Waals surface area contributed by atoms with E-state index in [1.807, 2.05) is 16.7 Å². The molecule has 3 aromatic heterocycles. The third-order valence-corrected chi connectivity index (χ3v) is 12.5. The fraction of sp³-hybridized carbons (Fsp3) is 0.485. The molecule has 0 aromatic carbocycles. The topological polar surface area (TPSA) is 42.3 Å². The molecule has 0 N–H and O–H groups in total. The summed E-state index contributed by atoms with van der Waals surface area (Å²) >= 11 is 11.8. The van der Waals surface area contributed by atoms with Gasteiger partial charge in [0.05, 0.1) is 14.1 Å². The summed E-state index contributed by atoms with van der Waals surface area (Å²) in [4.78, 5) is 33.3. The molecule has 1 fully saturated rings. The number of hydrogen-bond donors (Lipinski definition) is 0. The van der Waals surface area contributed by atoms with Gasteiger partial charge in [-0.3, -0.25) is 19.1 Å². The summed E-state index contributed by atoms with van der Waals surface area (Å²) in [7, 11) is 0. The van der Waals surface area contributed by atoms with E-state index in [1.165, 1.54) is 48.8 Å². The number of aromatic nitrogens is 1. The molecular formula is C33H42N2O2S5. The van der Waals surface area contributed by atoms with Crippen LogP contribution in [-0.4, -0.2) is 26.2 Å². The Labute approximate surface area is 271 Å². The largest absolute Gasteiger partial charge is 0.299 e. The first-order valence-electron chi connectivity index (χ1n) is 15.1. The number of hydrogen-bond acceptors (Lipinski definition) is 7. The second kappa shape index (κ2) is 15.8. The van der Waals surface area contributed by atoms with Crippen LogP contribution in [0.1, 0.15) is 88.8 Å². The van der Waals surface area contributed by atoms with Crippen LogP contribution >= 0.6 is 58.0 Å². The van der Waals surface area contributed by atoms with Gasteiger partial charge in [-0.1, -0.05) is 96.8 Å². The van der Waals surface area contributed by atoms with Crippen molar-refractivity contribution >= 4 is 86.9 Å². The van der Waals surface area contributed by atoms with E-state index in [-0.39, 0.29) is 11.5 Å². The second-order valence-electron chi connectivity index (χ2n) is 10.9. The van der Waals surface area contributed by atoms with Gasteiger partial charge in [0.15, 0.2) is 0 Å². The van der Waals surface area contributed by atoms with Crippen molar-refractivity contribution in [1.29, 1.82) is 0 Å². The van der Waals surface area contributed by atoms with Gasteiger partial charge in [-0.15, -0.1) is 34.0 Å². The lowest BCUT2D eigenvalue weighted by molar-refractivity contribution is -0.122. The lowest BCUT2D eigenvalue weighted by Gasteiger charge is -2.21. The molecule has 0 spiro atoms. The molecule has 4 heterocycles. The average molecular weight is 659 g/mol. The van der Waals surface area contributed by atoms with E-state index in [4.69, 9.17) is 12.2 Å². The highest BCUT2D eigenvalue weighted by atomic mass is 32.2. The molecule has 0 saturated carbocycles. The van der Waals surface area contributed by atoms with Crippen molar-refractivity contribution in [2.24, 2.45) is 11.8 Å². The Morgan fingerprint density at radius 3 is 1.98 bits per heavy atom. The van der Waals surface area contributed by atoms with E-state index in [2.05, 4.69) is 58.5 Å². The molecular weight excluding hydrogens is 617 g/mol. The fourth-order valence-corrected chi connectivity index (χ4v) is 9.45. The van der Waals surface area contributed by atoms with Gasteiger partial charge < -0.3 is 0 Å². The van der Waals surface area contributed by atoms with Crippen molar-refractivity contribution in [2.75, 3.05) is 6.54 Å². The molecule has 0 bridgehead atoms. The highest BCUT2D eigenvalue weighted by Crippen LogP contribution is 2.38. The summed E-state index contributed by atoms with van der Waals surface area (Å²) in [6.07, 6.45) is 13.1. The summed E-state index contributed by atoms with van der Waals surface area (Å²) in [6.45, 7) is 14.5. The maximum Gasteiger partial charge on any atom is 0.269 e. The maximum atomic E-state index is 13.2. The number of rotatable bonds is 15. The molecule has 1 aliphatic rings. The number of thiazole rings is 1. The minimum absolute atomic E-state index is 0.0323. The lowest BCUT2D eigenvalue weighted by atomic mass is 9.99. The van der Waals surface area contributed by atoms with E-state index in [9.17, 15) is 9.59 Å². The van der Waals surface area contributed by atoms with Crippen LogP contribution in [0.3, 0.4) is 0 Å². The van der Waals surface area contributed by atoms with E-state index >= 15 is 0 Å². The van der Waals surface area contributed by atoms with Gasteiger partial charge in [0.1, 0.15) is 4.32 Å². The van der Waals surface area contributed by atoms with Crippen LogP contribution in [-0.2, 0) is 11.3 Å². The molecule has 0 aliphatic carbocycles. The van der Waals surface area contributed by atoms with Gasteiger partial charge in [0.2, 0.25) is 0 Å². The molecule has 0 radical (unpaired) electrons. The molecule has 1 amide bonds. The zero-order valence-electron chi connectivity index (χ0n) is 25.1. The molecule has 9 heteroatoms. The van der Waals surface area contributed by atoms with Crippen molar-refractivity contribution < 1.29 is 4.79 Å². The molecule has 1 aliphatic heterocycles. The number of carbonyl (C=O) groups excluding carboxylic acids is 1. The monoisotopic (exact) mass is 658 g/mol. The van der Waals surface area contributed by atoms with Crippen LogP contribution in [0.2, 0.25) is 0 Å². The van der Waals surface area contributed by atoms with Crippen LogP contribution < -0.4 is 14.8 Å². The Bertz CT molecular complexity index is 1570. The summed E-state index contributed by atoms with van der Waals surface area (Å²) < 4.78 is 4.11. The van der Waals surface area contributed by atoms with Gasteiger partial charge in [-0.25, -0.2) is 0 Å². The number of thioether (sulfide) groups is 1. The van der Waals surface area contributed by atoms with E-state index < -0.39 is 0 Å². The predicted octanol–water partition coefficient (Wildman–Crippen LogP) is 8.57. The normalized spacial score (nSPS) is 16.7. The van der Waals surface area contributed by atoms with Crippen LogP contribution in [0.25, 0.3) is 28.5 Å². The Hall–Kier alpha value is -1.78. The Morgan fingerprint density at radius 2 is 1.40 bits per heavy atom. The number of nitrogens with zero attached hydrogens (tertiary/aromatic N) is 2. The zero-order valence-corrected chi connectivity index (χ0v) is 29.2. The number of unbranched alkanes of at least 4 members (excludes halogenated alkanes) is 2. The van der Waals surface area contributed by atoms with E-state index in [1.54, 1.807) is 27.6 Å². The molecule has 226 valence electrons. The van der Waals surface area contributed by atoms with Crippen molar-refractivity contribution in [3.8, 4) is 9.75 Å².